The highest BCUT2D eigenvalue weighted by Gasteiger charge is 2.46. The molecule has 14 heteroatoms. The molecular weight excluding hydrogens is 675 g/mol. The van der Waals surface area contributed by atoms with Gasteiger partial charge in [-0.15, -0.1) is 0 Å². The third-order valence-corrected chi connectivity index (χ3v) is 10.0. The summed E-state index contributed by atoms with van der Waals surface area (Å²) < 4.78 is 21.7. The summed E-state index contributed by atoms with van der Waals surface area (Å²) in [4.78, 5) is 27.9. The van der Waals surface area contributed by atoms with Crippen LogP contribution >= 0.6 is 46.4 Å². The molecule has 2 aromatic heterocycles. The van der Waals surface area contributed by atoms with Crippen molar-refractivity contribution >= 4 is 75.2 Å². The average molecular weight is 703 g/mol. The second-order valence-corrected chi connectivity index (χ2v) is 13.1. The molecule has 3 aliphatic heterocycles. The number of aromatic nitrogens is 2. The Hall–Kier alpha value is -3.59. The van der Waals surface area contributed by atoms with Crippen molar-refractivity contribution in [3.63, 3.8) is 0 Å². The third-order valence-electron chi connectivity index (χ3n) is 8.61. The van der Waals surface area contributed by atoms with Crippen molar-refractivity contribution in [2.75, 3.05) is 23.7 Å². The van der Waals surface area contributed by atoms with Gasteiger partial charge in [0.2, 0.25) is 5.91 Å². The molecule has 1 saturated heterocycles. The van der Waals surface area contributed by atoms with Gasteiger partial charge in [0.05, 0.1) is 43.5 Å². The van der Waals surface area contributed by atoms with Gasteiger partial charge >= 0.3 is 0 Å². The Kier molecular flexibility index (Phi) is 8.36. The van der Waals surface area contributed by atoms with E-state index in [0.29, 0.717) is 47.1 Å². The first kappa shape index (κ1) is 32.4. The lowest BCUT2D eigenvalue weighted by atomic mass is 9.93. The zero-order chi connectivity index (χ0) is 33.4. The number of hydrogen-bond acceptors (Lipinski definition) is 8. The first-order chi connectivity index (χ1) is 21.8. The van der Waals surface area contributed by atoms with Crippen LogP contribution < -0.4 is 10.6 Å². The SMILES string of the molecule is C=CC(=O)N1[C@H](C)CN(C2=C(C#N)C3OC(C)c4nccc(C)c4N3c3nc(-c4c(Cl)c(N)c(Cl)c(F)c4Cl)c(Cl)cc32)C[C@@H]1C. The smallest absolute Gasteiger partial charge is 0.246 e. The maximum absolute atomic E-state index is 15.1. The molecule has 2 N–H and O–H groups in total. The number of halogens is 5. The maximum atomic E-state index is 15.1. The van der Waals surface area contributed by atoms with E-state index in [-0.39, 0.29) is 45.0 Å². The number of carbonyl (C=O) groups excluding carboxylic acids is 1. The fourth-order valence-electron chi connectivity index (χ4n) is 6.66. The lowest BCUT2D eigenvalue weighted by Crippen LogP contribution is -2.58. The Morgan fingerprint density at radius 2 is 1.85 bits per heavy atom. The molecular formula is C32H28Cl4FN7O2. The lowest BCUT2D eigenvalue weighted by molar-refractivity contribution is -0.132. The van der Waals surface area contributed by atoms with Crippen molar-refractivity contribution in [1.82, 2.24) is 19.8 Å². The number of nitriles is 1. The molecule has 1 fully saturated rings. The van der Waals surface area contributed by atoms with Gasteiger partial charge in [-0.1, -0.05) is 53.0 Å². The molecule has 0 aliphatic carbocycles. The third kappa shape index (κ3) is 4.79. The van der Waals surface area contributed by atoms with Crippen molar-refractivity contribution < 1.29 is 13.9 Å². The normalized spacial score (nSPS) is 22.2. The summed E-state index contributed by atoms with van der Waals surface area (Å²) in [6.45, 7) is 12.1. The number of aryl methyl sites for hydroxylation is 1. The Morgan fingerprint density at radius 1 is 1.17 bits per heavy atom. The van der Waals surface area contributed by atoms with Gasteiger partial charge < -0.3 is 20.3 Å². The molecule has 2 unspecified atom stereocenters. The van der Waals surface area contributed by atoms with E-state index in [0.717, 1.165) is 5.56 Å². The van der Waals surface area contributed by atoms with Crippen LogP contribution in [-0.2, 0) is 9.53 Å². The summed E-state index contributed by atoms with van der Waals surface area (Å²) >= 11 is 26.0. The van der Waals surface area contributed by atoms with E-state index in [9.17, 15) is 10.1 Å². The molecule has 3 aliphatic rings. The van der Waals surface area contributed by atoms with E-state index in [1.807, 2.05) is 38.7 Å². The Morgan fingerprint density at radius 3 is 2.48 bits per heavy atom. The van der Waals surface area contributed by atoms with Gasteiger partial charge in [0, 0.05) is 42.5 Å². The summed E-state index contributed by atoms with van der Waals surface area (Å²) in [6, 6.07) is 5.47. The molecule has 4 atom stereocenters. The lowest BCUT2D eigenvalue weighted by Gasteiger charge is -2.49. The summed E-state index contributed by atoms with van der Waals surface area (Å²) in [5.41, 5.74) is 9.50. The van der Waals surface area contributed by atoms with Crippen LogP contribution in [-0.4, -0.2) is 57.1 Å². The molecule has 1 amide bonds. The highest BCUT2D eigenvalue weighted by Crippen LogP contribution is 2.53. The Balaban J connectivity index is 1.65. The fourth-order valence-corrected chi connectivity index (χ4v) is 7.80. The number of nitrogens with two attached hydrogens (primary N) is 1. The van der Waals surface area contributed by atoms with Crippen LogP contribution in [0.3, 0.4) is 0 Å². The Labute approximate surface area is 285 Å². The second-order valence-electron chi connectivity index (χ2n) is 11.5. The number of ether oxygens (including phenoxy) is 1. The summed E-state index contributed by atoms with van der Waals surface area (Å²) in [5, 5.41) is 9.90. The van der Waals surface area contributed by atoms with E-state index < -0.39 is 28.2 Å². The van der Waals surface area contributed by atoms with E-state index >= 15 is 4.39 Å². The van der Waals surface area contributed by atoms with Crippen LogP contribution in [0, 0.1) is 24.1 Å². The zero-order valence-electron chi connectivity index (χ0n) is 25.2. The predicted octanol–water partition coefficient (Wildman–Crippen LogP) is 7.70. The molecule has 5 heterocycles. The van der Waals surface area contributed by atoms with Crippen LogP contribution in [0.25, 0.3) is 17.0 Å². The van der Waals surface area contributed by atoms with E-state index in [4.69, 9.17) is 61.9 Å². The van der Waals surface area contributed by atoms with Crippen molar-refractivity contribution in [3.05, 3.63) is 79.3 Å². The topological polar surface area (TPSA) is 112 Å². The summed E-state index contributed by atoms with van der Waals surface area (Å²) in [6.07, 6.45) is 1.62. The molecule has 0 radical (unpaired) electrons. The van der Waals surface area contributed by atoms with Crippen LogP contribution in [0.4, 0.5) is 21.6 Å². The van der Waals surface area contributed by atoms with Gasteiger partial charge in [0.1, 0.15) is 28.6 Å². The number of carbonyl (C=O) groups is 1. The van der Waals surface area contributed by atoms with Gasteiger partial charge in [0.15, 0.2) is 12.0 Å². The van der Waals surface area contributed by atoms with Crippen LogP contribution in [0.2, 0.25) is 20.1 Å². The highest BCUT2D eigenvalue weighted by atomic mass is 35.5. The van der Waals surface area contributed by atoms with Gasteiger partial charge in [-0.25, -0.2) is 9.37 Å². The largest absolute Gasteiger partial charge is 0.396 e. The second kappa shape index (κ2) is 11.9. The predicted molar refractivity (Wildman–Crippen MR) is 179 cm³/mol. The minimum atomic E-state index is -0.962. The fraction of sp³-hybridized carbons (Fsp3) is 0.312. The number of rotatable bonds is 3. The molecule has 238 valence electrons. The van der Waals surface area contributed by atoms with Crippen molar-refractivity contribution in [3.8, 4) is 17.3 Å². The number of nitrogens with zero attached hydrogens (tertiary/aromatic N) is 6. The number of piperazine rings is 1. The monoisotopic (exact) mass is 701 g/mol. The molecule has 0 bridgehead atoms. The molecule has 3 aromatic rings. The van der Waals surface area contributed by atoms with Gasteiger partial charge in [0.25, 0.3) is 0 Å². The van der Waals surface area contributed by atoms with Crippen molar-refractivity contribution in [1.29, 1.82) is 5.26 Å². The van der Waals surface area contributed by atoms with Crippen molar-refractivity contribution in [2.24, 2.45) is 0 Å². The number of pyridine rings is 2. The average Bonchev–Trinajstić information content (AvgIpc) is 3.02. The minimum absolute atomic E-state index is 0.0306. The van der Waals surface area contributed by atoms with Gasteiger partial charge in [-0.05, 0) is 51.5 Å². The Bertz CT molecular complexity index is 1870. The molecule has 46 heavy (non-hydrogen) atoms. The minimum Gasteiger partial charge on any atom is -0.396 e. The molecule has 6 rings (SSSR count). The number of anilines is 3. The van der Waals surface area contributed by atoms with Gasteiger partial charge in [-0.2, -0.15) is 5.26 Å². The van der Waals surface area contributed by atoms with Crippen LogP contribution in [0.1, 0.15) is 43.7 Å². The molecule has 1 aromatic carbocycles. The van der Waals surface area contributed by atoms with E-state index in [2.05, 4.69) is 17.6 Å². The number of fused-ring (bicyclic) bond motifs is 5. The van der Waals surface area contributed by atoms with Crippen molar-refractivity contribution in [2.45, 2.75) is 52.1 Å². The quantitative estimate of drug-likeness (QED) is 0.128. The van der Waals surface area contributed by atoms with Crippen LogP contribution in [0.5, 0.6) is 0 Å². The number of amides is 1. The van der Waals surface area contributed by atoms with Crippen LogP contribution in [0.15, 0.2) is 36.6 Å². The molecule has 0 saturated carbocycles. The van der Waals surface area contributed by atoms with Gasteiger partial charge in [-0.3, -0.25) is 14.7 Å². The molecule has 9 nitrogen and oxygen atoms in total. The zero-order valence-corrected chi connectivity index (χ0v) is 28.2. The highest BCUT2D eigenvalue weighted by molar-refractivity contribution is 6.45. The number of hydrogen-bond donors (Lipinski definition) is 1. The maximum Gasteiger partial charge on any atom is 0.246 e. The van der Waals surface area contributed by atoms with E-state index in [1.54, 1.807) is 22.1 Å². The number of benzene rings is 1. The molecule has 0 spiro atoms. The number of nitrogen functional groups attached to an aromatic ring is 1. The van der Waals surface area contributed by atoms with E-state index in [1.165, 1.54) is 6.08 Å². The first-order valence-electron chi connectivity index (χ1n) is 14.4. The first-order valence-corrected chi connectivity index (χ1v) is 15.9. The summed E-state index contributed by atoms with van der Waals surface area (Å²) in [7, 11) is 0. The standard InChI is InChI=1S/C32H28Cl4FN7O2/c1-6-20(45)43-14(3)11-42(12-15(43)4)30-17-9-19(33)28(21-22(34)25(37)24(36)26(39)23(21)35)41-31(17)44-29-13(2)7-8-40-27(29)16(5)46-32(44)18(30)10-38/h6-9,14-16,32H,1,11-12,39H2,2-5H3/t14-,15+,16?,32?. The summed E-state index contributed by atoms with van der Waals surface area (Å²) in [5.74, 6) is -0.781.